The first-order valence-corrected chi connectivity index (χ1v) is 8.20. The first-order valence-electron chi connectivity index (χ1n) is 7.16. The van der Waals surface area contributed by atoms with Gasteiger partial charge < -0.3 is 15.0 Å². The Morgan fingerprint density at radius 3 is 2.91 bits per heavy atom. The van der Waals surface area contributed by atoms with Crippen LogP contribution in [0.15, 0.2) is 24.4 Å². The third-order valence-electron chi connectivity index (χ3n) is 2.93. The van der Waals surface area contributed by atoms with Crippen molar-refractivity contribution in [1.29, 1.82) is 0 Å². The molecule has 6 nitrogen and oxygen atoms in total. The molecule has 2 rings (SSSR count). The summed E-state index contributed by atoms with van der Waals surface area (Å²) in [6, 6.07) is 5.66. The summed E-state index contributed by atoms with van der Waals surface area (Å²) in [6.45, 7) is 6.22. The number of pyridine rings is 1. The van der Waals surface area contributed by atoms with Crippen molar-refractivity contribution in [2.24, 2.45) is 0 Å². The van der Waals surface area contributed by atoms with Crippen molar-refractivity contribution in [3.8, 4) is 0 Å². The monoisotopic (exact) mass is 323 g/mol. The van der Waals surface area contributed by atoms with Gasteiger partial charge in [-0.2, -0.15) is 0 Å². The highest BCUT2D eigenvalue weighted by molar-refractivity contribution is 8.00. The van der Waals surface area contributed by atoms with Crippen LogP contribution in [0.1, 0.15) is 31.8 Å². The second kappa shape index (κ2) is 7.00. The van der Waals surface area contributed by atoms with Crippen LogP contribution in [0.4, 0.5) is 4.79 Å². The Hall–Kier alpha value is -1.76. The molecule has 1 atom stereocenters. The van der Waals surface area contributed by atoms with Gasteiger partial charge in [-0.1, -0.05) is 6.07 Å². The maximum atomic E-state index is 12.0. The van der Waals surface area contributed by atoms with Crippen LogP contribution in [0.5, 0.6) is 0 Å². The first-order chi connectivity index (χ1) is 10.4. The summed E-state index contributed by atoms with van der Waals surface area (Å²) in [7, 11) is 0. The lowest BCUT2D eigenvalue weighted by atomic mass is 10.2. The number of nitrogens with one attached hydrogen (secondary N) is 1. The number of alkyl carbamates (subject to hydrolysis) is 1. The lowest BCUT2D eigenvalue weighted by Gasteiger charge is -2.24. The van der Waals surface area contributed by atoms with Gasteiger partial charge in [-0.15, -0.1) is 11.8 Å². The molecule has 1 saturated heterocycles. The Balaban J connectivity index is 1.88. The van der Waals surface area contributed by atoms with Crippen LogP contribution in [0.3, 0.4) is 0 Å². The van der Waals surface area contributed by atoms with Crippen molar-refractivity contribution in [2.75, 3.05) is 18.8 Å². The van der Waals surface area contributed by atoms with Gasteiger partial charge in [0.15, 0.2) is 0 Å². The summed E-state index contributed by atoms with van der Waals surface area (Å²) >= 11 is 1.55. The molecule has 0 aliphatic carbocycles. The minimum absolute atomic E-state index is 0.0617. The normalized spacial score (nSPS) is 18.4. The van der Waals surface area contributed by atoms with Gasteiger partial charge in [-0.25, -0.2) is 4.79 Å². The molecule has 7 heteroatoms. The van der Waals surface area contributed by atoms with Gasteiger partial charge in [0.05, 0.1) is 11.4 Å². The average molecular weight is 323 g/mol. The number of hydrogen-bond acceptors (Lipinski definition) is 5. The van der Waals surface area contributed by atoms with Crippen molar-refractivity contribution in [1.82, 2.24) is 15.2 Å². The number of carbonyl (C=O) groups is 2. The molecule has 1 N–H and O–H groups in total. The Morgan fingerprint density at radius 1 is 1.50 bits per heavy atom. The highest BCUT2D eigenvalue weighted by atomic mass is 32.2. The highest BCUT2D eigenvalue weighted by Crippen LogP contribution is 2.36. The summed E-state index contributed by atoms with van der Waals surface area (Å²) in [4.78, 5) is 29.7. The summed E-state index contributed by atoms with van der Waals surface area (Å²) in [5.74, 6) is 0.500. The zero-order chi connectivity index (χ0) is 16.2. The fourth-order valence-corrected chi connectivity index (χ4v) is 3.23. The molecule has 0 bridgehead atoms. The molecular weight excluding hydrogens is 302 g/mol. The van der Waals surface area contributed by atoms with Crippen molar-refractivity contribution >= 4 is 23.8 Å². The Kier molecular flexibility index (Phi) is 5.28. The largest absolute Gasteiger partial charge is 0.444 e. The number of ether oxygens (including phenoxy) is 1. The summed E-state index contributed by atoms with van der Waals surface area (Å²) in [6.07, 6.45) is 1.25. The number of hydrogen-bond donors (Lipinski definition) is 1. The number of carbonyl (C=O) groups excluding carboxylic acids is 2. The molecule has 22 heavy (non-hydrogen) atoms. The molecule has 1 fully saturated rings. The second-order valence-corrected chi connectivity index (χ2v) is 7.00. The molecule has 1 aromatic rings. The third-order valence-corrected chi connectivity index (χ3v) is 4.16. The standard InChI is InChI=1S/C15H21N3O3S/c1-15(2,3)21-14(20)17-8-9-18-12(19)10-22-13(18)11-6-4-5-7-16-11/h4-7,13H,8-10H2,1-3H3,(H,17,20). The zero-order valence-electron chi connectivity index (χ0n) is 13.0. The Bertz CT molecular complexity index is 531. The fraction of sp³-hybridized carbons (Fsp3) is 0.533. The van der Waals surface area contributed by atoms with E-state index in [0.717, 1.165) is 5.69 Å². The molecule has 2 amide bonds. The van der Waals surface area contributed by atoms with E-state index in [-0.39, 0.29) is 11.3 Å². The molecule has 0 spiro atoms. The van der Waals surface area contributed by atoms with E-state index in [4.69, 9.17) is 4.74 Å². The van der Waals surface area contributed by atoms with Crippen LogP contribution in [0, 0.1) is 0 Å². The van der Waals surface area contributed by atoms with Gasteiger partial charge in [0, 0.05) is 19.3 Å². The lowest BCUT2D eigenvalue weighted by Crippen LogP contribution is -2.39. The number of thioether (sulfide) groups is 1. The molecular formula is C15H21N3O3S. The number of amides is 2. The van der Waals surface area contributed by atoms with Crippen LogP contribution in [0.2, 0.25) is 0 Å². The Labute approximate surface area is 134 Å². The van der Waals surface area contributed by atoms with Crippen LogP contribution >= 0.6 is 11.8 Å². The quantitative estimate of drug-likeness (QED) is 0.919. The number of aromatic nitrogens is 1. The van der Waals surface area contributed by atoms with E-state index in [1.807, 2.05) is 39.0 Å². The van der Waals surface area contributed by atoms with Crippen LogP contribution in [0.25, 0.3) is 0 Å². The summed E-state index contributed by atoms with van der Waals surface area (Å²) in [5.41, 5.74) is 0.329. The molecule has 1 unspecified atom stereocenters. The van der Waals surface area contributed by atoms with E-state index in [0.29, 0.717) is 18.8 Å². The topological polar surface area (TPSA) is 71.5 Å². The van der Waals surface area contributed by atoms with E-state index in [9.17, 15) is 9.59 Å². The van der Waals surface area contributed by atoms with Crippen molar-refractivity contribution in [3.05, 3.63) is 30.1 Å². The second-order valence-electron chi connectivity index (χ2n) is 5.93. The number of nitrogens with zero attached hydrogens (tertiary/aromatic N) is 2. The SMILES string of the molecule is CC(C)(C)OC(=O)NCCN1C(=O)CSC1c1ccccn1. The zero-order valence-corrected chi connectivity index (χ0v) is 13.9. The van der Waals surface area contributed by atoms with Gasteiger partial charge in [-0.05, 0) is 32.9 Å². The van der Waals surface area contributed by atoms with Gasteiger partial charge in [0.25, 0.3) is 0 Å². The minimum atomic E-state index is -0.528. The summed E-state index contributed by atoms with van der Waals surface area (Å²) < 4.78 is 5.17. The van der Waals surface area contributed by atoms with Gasteiger partial charge in [0.1, 0.15) is 11.0 Å². The van der Waals surface area contributed by atoms with Gasteiger partial charge in [-0.3, -0.25) is 9.78 Å². The fourth-order valence-electron chi connectivity index (χ4n) is 2.06. The average Bonchev–Trinajstić information content (AvgIpc) is 2.79. The lowest BCUT2D eigenvalue weighted by molar-refractivity contribution is -0.128. The molecule has 1 aromatic heterocycles. The van der Waals surface area contributed by atoms with Crippen LogP contribution in [-0.4, -0.2) is 46.3 Å². The van der Waals surface area contributed by atoms with E-state index in [1.54, 1.807) is 22.9 Å². The molecule has 1 aliphatic rings. The van der Waals surface area contributed by atoms with E-state index in [2.05, 4.69) is 10.3 Å². The third kappa shape index (κ3) is 4.62. The predicted octanol–water partition coefficient (Wildman–Crippen LogP) is 2.18. The highest BCUT2D eigenvalue weighted by Gasteiger charge is 2.33. The molecule has 0 radical (unpaired) electrons. The van der Waals surface area contributed by atoms with Crippen LogP contribution in [-0.2, 0) is 9.53 Å². The molecule has 2 heterocycles. The maximum absolute atomic E-state index is 12.0. The van der Waals surface area contributed by atoms with Crippen molar-refractivity contribution < 1.29 is 14.3 Å². The van der Waals surface area contributed by atoms with E-state index >= 15 is 0 Å². The van der Waals surface area contributed by atoms with Gasteiger partial charge in [0.2, 0.25) is 5.91 Å². The summed E-state index contributed by atoms with van der Waals surface area (Å²) in [5, 5.41) is 2.59. The van der Waals surface area contributed by atoms with Gasteiger partial charge >= 0.3 is 6.09 Å². The van der Waals surface area contributed by atoms with Crippen LogP contribution < -0.4 is 5.32 Å². The van der Waals surface area contributed by atoms with Crippen molar-refractivity contribution in [3.63, 3.8) is 0 Å². The smallest absolute Gasteiger partial charge is 0.407 e. The van der Waals surface area contributed by atoms with Crippen molar-refractivity contribution in [2.45, 2.75) is 31.7 Å². The molecule has 1 aliphatic heterocycles. The number of rotatable bonds is 4. The van der Waals surface area contributed by atoms with E-state index < -0.39 is 11.7 Å². The first kappa shape index (κ1) is 16.6. The van der Waals surface area contributed by atoms with E-state index in [1.165, 1.54) is 0 Å². The predicted molar refractivity (Wildman–Crippen MR) is 85.4 cm³/mol. The molecule has 120 valence electrons. The Morgan fingerprint density at radius 2 is 2.27 bits per heavy atom. The molecule has 0 saturated carbocycles. The minimum Gasteiger partial charge on any atom is -0.444 e. The molecule has 0 aromatic carbocycles. The maximum Gasteiger partial charge on any atom is 0.407 e.